The van der Waals surface area contributed by atoms with E-state index < -0.39 is 17.3 Å². The second kappa shape index (κ2) is 8.32. The van der Waals surface area contributed by atoms with Crippen molar-refractivity contribution in [2.45, 2.75) is 43.9 Å². The zero-order valence-corrected chi connectivity index (χ0v) is 14.0. The molecule has 0 radical (unpaired) electrons. The molecule has 136 valence electrons. The molecule has 0 saturated carbocycles. The molecule has 2 rings (SSSR count). The molecule has 1 heterocycles. The van der Waals surface area contributed by atoms with Crippen LogP contribution >= 0.6 is 0 Å². The zero-order chi connectivity index (χ0) is 17.6. The van der Waals surface area contributed by atoms with Crippen molar-refractivity contribution in [3.8, 4) is 0 Å². The molecule has 24 heavy (non-hydrogen) atoms. The fraction of sp³-hybridized carbons (Fsp3) is 0.667. The van der Waals surface area contributed by atoms with Gasteiger partial charge in [0.05, 0.1) is 11.2 Å². The average Bonchev–Trinajstić information content (AvgIpc) is 2.58. The lowest BCUT2D eigenvalue weighted by atomic mass is 9.73. The van der Waals surface area contributed by atoms with Crippen molar-refractivity contribution >= 4 is 0 Å². The summed E-state index contributed by atoms with van der Waals surface area (Å²) in [7, 11) is 1.59. The molecule has 6 heteroatoms. The van der Waals surface area contributed by atoms with Crippen LogP contribution in [0.4, 0.5) is 13.2 Å². The third-order valence-electron chi connectivity index (χ3n) is 4.83. The van der Waals surface area contributed by atoms with Crippen molar-refractivity contribution in [3.63, 3.8) is 0 Å². The Balaban J connectivity index is 2.34. The van der Waals surface area contributed by atoms with Crippen LogP contribution in [0.1, 0.15) is 43.2 Å². The minimum absolute atomic E-state index is 0.00335. The summed E-state index contributed by atoms with van der Waals surface area (Å²) in [5.41, 5.74) is -2.21. The van der Waals surface area contributed by atoms with Crippen molar-refractivity contribution in [2.75, 3.05) is 26.8 Å². The van der Waals surface area contributed by atoms with Gasteiger partial charge in [0.2, 0.25) is 0 Å². The molecule has 0 aliphatic carbocycles. The van der Waals surface area contributed by atoms with Gasteiger partial charge in [0.25, 0.3) is 0 Å². The number of methoxy groups -OCH3 is 1. The minimum Gasteiger partial charge on any atom is -0.385 e. The highest BCUT2D eigenvalue weighted by molar-refractivity contribution is 5.35. The molecular formula is C18H26F3NO2. The second-order valence-electron chi connectivity index (χ2n) is 6.46. The van der Waals surface area contributed by atoms with Gasteiger partial charge in [-0.15, -0.1) is 0 Å². The first kappa shape index (κ1) is 19.2. The van der Waals surface area contributed by atoms with Crippen LogP contribution < -0.4 is 5.32 Å². The lowest BCUT2D eigenvalue weighted by Gasteiger charge is -2.40. The van der Waals surface area contributed by atoms with Gasteiger partial charge in [-0.1, -0.05) is 18.2 Å². The van der Waals surface area contributed by atoms with Crippen molar-refractivity contribution in [3.05, 3.63) is 35.4 Å². The van der Waals surface area contributed by atoms with Crippen LogP contribution in [0, 0.1) is 5.92 Å². The number of ether oxygens (including phenoxy) is 1. The minimum atomic E-state index is -4.47. The van der Waals surface area contributed by atoms with Gasteiger partial charge in [-0.3, -0.25) is 0 Å². The van der Waals surface area contributed by atoms with Crippen LogP contribution in [0.25, 0.3) is 0 Å². The van der Waals surface area contributed by atoms with E-state index in [2.05, 4.69) is 5.32 Å². The Morgan fingerprint density at radius 2 is 1.92 bits per heavy atom. The van der Waals surface area contributed by atoms with Crippen molar-refractivity contribution in [1.82, 2.24) is 5.32 Å². The molecule has 3 nitrogen and oxygen atoms in total. The van der Waals surface area contributed by atoms with Crippen LogP contribution in [0.3, 0.4) is 0 Å². The number of halogens is 3. The number of hydrogen-bond donors (Lipinski definition) is 2. The van der Waals surface area contributed by atoms with E-state index in [9.17, 15) is 18.3 Å². The highest BCUT2D eigenvalue weighted by atomic mass is 19.4. The van der Waals surface area contributed by atoms with Crippen LogP contribution in [0.2, 0.25) is 0 Å². The first-order valence-corrected chi connectivity index (χ1v) is 8.48. The maximum Gasteiger partial charge on any atom is 0.416 e. The summed E-state index contributed by atoms with van der Waals surface area (Å²) in [4.78, 5) is 0. The van der Waals surface area contributed by atoms with Gasteiger partial charge < -0.3 is 15.2 Å². The van der Waals surface area contributed by atoms with Gasteiger partial charge >= 0.3 is 6.18 Å². The Bertz CT molecular complexity index is 515. The molecule has 0 bridgehead atoms. The van der Waals surface area contributed by atoms with E-state index in [1.807, 2.05) is 0 Å². The summed E-state index contributed by atoms with van der Waals surface area (Å²) in [6.45, 7) is 1.92. The highest BCUT2D eigenvalue weighted by Crippen LogP contribution is 2.44. The van der Waals surface area contributed by atoms with Gasteiger partial charge in [0.1, 0.15) is 0 Å². The number of alkyl halides is 3. The van der Waals surface area contributed by atoms with E-state index >= 15 is 0 Å². The van der Waals surface area contributed by atoms with E-state index in [4.69, 9.17) is 4.74 Å². The van der Waals surface area contributed by atoms with Gasteiger partial charge in [-0.05, 0) is 50.3 Å². The predicted octanol–water partition coefficient (Wildman–Crippen LogP) is 3.71. The van der Waals surface area contributed by atoms with Crippen molar-refractivity contribution < 1.29 is 23.0 Å². The Kier molecular flexibility index (Phi) is 6.66. The highest BCUT2D eigenvalue weighted by Gasteiger charge is 2.44. The Labute approximate surface area is 141 Å². The fourth-order valence-corrected chi connectivity index (χ4v) is 3.57. The van der Waals surface area contributed by atoms with Crippen LogP contribution in [0.15, 0.2) is 24.3 Å². The van der Waals surface area contributed by atoms with Gasteiger partial charge in [0, 0.05) is 26.2 Å². The molecule has 1 aromatic rings. The number of aliphatic hydroxyl groups is 1. The van der Waals surface area contributed by atoms with E-state index in [1.165, 1.54) is 12.1 Å². The number of rotatable bonds is 7. The van der Waals surface area contributed by atoms with E-state index in [-0.39, 0.29) is 11.5 Å². The molecule has 2 N–H and O–H groups in total. The quantitative estimate of drug-likeness (QED) is 0.740. The largest absolute Gasteiger partial charge is 0.416 e. The smallest absolute Gasteiger partial charge is 0.385 e. The number of benzene rings is 1. The maximum absolute atomic E-state index is 13.4. The standard InChI is InChI=1S/C18H26F3NO2/c1-24-12-5-4-10-17(23,14-7-6-11-22-13-14)15-8-2-3-9-16(15)18(19,20)21/h2-3,8-9,14,22-23H,4-7,10-13H2,1H3/t14?,17-/m0/s1. The van der Waals surface area contributed by atoms with Crippen LogP contribution in [-0.4, -0.2) is 31.9 Å². The van der Waals surface area contributed by atoms with E-state index in [0.29, 0.717) is 32.4 Å². The maximum atomic E-state index is 13.4. The molecular weight excluding hydrogens is 319 g/mol. The first-order chi connectivity index (χ1) is 11.4. The molecule has 1 aliphatic rings. The third kappa shape index (κ3) is 4.49. The molecule has 1 saturated heterocycles. The molecule has 1 aromatic carbocycles. The summed E-state index contributed by atoms with van der Waals surface area (Å²) >= 11 is 0. The van der Waals surface area contributed by atoms with Crippen molar-refractivity contribution in [2.24, 2.45) is 5.92 Å². The van der Waals surface area contributed by atoms with Gasteiger partial charge in [-0.2, -0.15) is 13.2 Å². The summed E-state index contributed by atoms with van der Waals surface area (Å²) in [5, 5.41) is 14.6. The number of unbranched alkanes of at least 4 members (excludes halogenated alkanes) is 1. The average molecular weight is 345 g/mol. The molecule has 0 aromatic heterocycles. The molecule has 1 aliphatic heterocycles. The summed E-state index contributed by atoms with van der Waals surface area (Å²) in [5.74, 6) is -0.225. The summed E-state index contributed by atoms with van der Waals surface area (Å²) in [6.07, 6.45) is -1.26. The number of piperidine rings is 1. The van der Waals surface area contributed by atoms with Gasteiger partial charge in [0.15, 0.2) is 0 Å². The molecule has 1 unspecified atom stereocenters. The summed E-state index contributed by atoms with van der Waals surface area (Å²) in [6, 6.07) is 5.43. The van der Waals surface area contributed by atoms with Crippen LogP contribution in [0.5, 0.6) is 0 Å². The van der Waals surface area contributed by atoms with E-state index in [1.54, 1.807) is 13.2 Å². The molecule has 1 fully saturated rings. The third-order valence-corrected chi connectivity index (χ3v) is 4.83. The van der Waals surface area contributed by atoms with Crippen molar-refractivity contribution in [1.29, 1.82) is 0 Å². The topological polar surface area (TPSA) is 41.5 Å². The number of nitrogens with one attached hydrogen (secondary N) is 1. The Morgan fingerprint density at radius 3 is 2.50 bits per heavy atom. The molecule has 0 amide bonds. The van der Waals surface area contributed by atoms with E-state index in [0.717, 1.165) is 25.5 Å². The predicted molar refractivity (Wildman–Crippen MR) is 86.7 cm³/mol. The lowest BCUT2D eigenvalue weighted by molar-refractivity contribution is -0.142. The van der Waals surface area contributed by atoms with Crippen LogP contribution in [-0.2, 0) is 16.5 Å². The SMILES string of the molecule is COCCCC[C@@](O)(c1ccccc1C(F)(F)F)C1CCCNC1. The number of hydrogen-bond acceptors (Lipinski definition) is 3. The van der Waals surface area contributed by atoms with Gasteiger partial charge in [-0.25, -0.2) is 0 Å². The fourth-order valence-electron chi connectivity index (χ4n) is 3.57. The summed E-state index contributed by atoms with van der Waals surface area (Å²) < 4.78 is 45.3. The zero-order valence-electron chi connectivity index (χ0n) is 14.0. The Morgan fingerprint density at radius 1 is 1.21 bits per heavy atom. The first-order valence-electron chi connectivity index (χ1n) is 8.48. The monoisotopic (exact) mass is 345 g/mol. The molecule has 2 atom stereocenters. The normalized spacial score (nSPS) is 21.5. The molecule has 0 spiro atoms. The second-order valence-corrected chi connectivity index (χ2v) is 6.46. The Hall–Kier alpha value is -1.11. The lowest BCUT2D eigenvalue weighted by Crippen LogP contribution is -2.45.